The number of aromatic nitrogens is 2. The molecular formula is C18H21N3O4. The molecule has 0 fully saturated rings. The molecule has 7 heteroatoms. The Labute approximate surface area is 144 Å². The van der Waals surface area contributed by atoms with Crippen LogP contribution in [0.3, 0.4) is 0 Å². The van der Waals surface area contributed by atoms with Gasteiger partial charge in [-0.25, -0.2) is 4.79 Å². The van der Waals surface area contributed by atoms with Crippen LogP contribution in [0.15, 0.2) is 39.9 Å². The highest BCUT2D eigenvalue weighted by molar-refractivity contribution is 5.92. The third-order valence-electron chi connectivity index (χ3n) is 4.57. The van der Waals surface area contributed by atoms with Crippen molar-refractivity contribution in [2.24, 2.45) is 20.0 Å². The summed E-state index contributed by atoms with van der Waals surface area (Å²) < 4.78 is 7.88. The number of benzene rings is 1. The largest absolute Gasteiger partial charge is 0.493 e. The van der Waals surface area contributed by atoms with E-state index in [-0.39, 0.29) is 11.6 Å². The predicted octanol–water partition coefficient (Wildman–Crippen LogP) is 0.455. The van der Waals surface area contributed by atoms with Gasteiger partial charge >= 0.3 is 5.69 Å². The Morgan fingerprint density at radius 2 is 2.00 bits per heavy atom. The third-order valence-corrected chi connectivity index (χ3v) is 4.57. The molecule has 7 nitrogen and oxygen atoms in total. The van der Waals surface area contributed by atoms with Crippen molar-refractivity contribution in [2.45, 2.75) is 12.8 Å². The molecule has 1 aromatic heterocycles. The van der Waals surface area contributed by atoms with Crippen molar-refractivity contribution in [2.75, 3.05) is 13.2 Å². The number of nitrogens with one attached hydrogen (secondary N) is 1. The maximum absolute atomic E-state index is 12.4. The van der Waals surface area contributed by atoms with Crippen molar-refractivity contribution in [3.63, 3.8) is 0 Å². The Bertz CT molecular complexity index is 913. The molecule has 3 rings (SSSR count). The van der Waals surface area contributed by atoms with Crippen molar-refractivity contribution >= 4 is 5.91 Å². The van der Waals surface area contributed by atoms with Crippen LogP contribution in [-0.4, -0.2) is 28.2 Å². The van der Waals surface area contributed by atoms with Gasteiger partial charge in [0.05, 0.1) is 6.61 Å². The lowest BCUT2D eigenvalue weighted by molar-refractivity contribution is 0.0935. The molecule has 132 valence electrons. The molecule has 1 atom stereocenters. The maximum atomic E-state index is 12.4. The van der Waals surface area contributed by atoms with Gasteiger partial charge in [-0.05, 0) is 30.4 Å². The van der Waals surface area contributed by atoms with Crippen LogP contribution in [0.1, 0.15) is 22.5 Å². The number of carbonyl (C=O) groups is 1. The Morgan fingerprint density at radius 3 is 2.80 bits per heavy atom. The van der Waals surface area contributed by atoms with Crippen LogP contribution < -0.4 is 21.3 Å². The van der Waals surface area contributed by atoms with E-state index >= 15 is 0 Å². The SMILES string of the molecule is Cn1c(C(=O)NC[C@H]2CCOc3ccccc3C2)cc(=O)n(C)c1=O. The standard InChI is InChI=1S/C18H21N3O4/c1-20-14(10-16(22)21(2)18(20)24)17(23)19-11-12-7-8-25-15-6-4-3-5-13(15)9-12/h3-6,10,12H,7-9,11H2,1-2H3,(H,19,23)/t12-/m0/s1. The average Bonchev–Trinajstić information content (AvgIpc) is 2.82. The quantitative estimate of drug-likeness (QED) is 0.877. The molecule has 0 saturated heterocycles. The Kier molecular flexibility index (Phi) is 4.74. The first-order chi connectivity index (χ1) is 12.0. The zero-order chi connectivity index (χ0) is 18.0. The fourth-order valence-corrected chi connectivity index (χ4v) is 3.01. The lowest BCUT2D eigenvalue weighted by Gasteiger charge is -2.15. The Morgan fingerprint density at radius 1 is 1.24 bits per heavy atom. The predicted molar refractivity (Wildman–Crippen MR) is 93.0 cm³/mol. The second-order valence-corrected chi connectivity index (χ2v) is 6.29. The van der Waals surface area contributed by atoms with E-state index in [1.807, 2.05) is 24.3 Å². The molecule has 25 heavy (non-hydrogen) atoms. The molecule has 1 N–H and O–H groups in total. The van der Waals surface area contributed by atoms with Crippen LogP contribution in [0.4, 0.5) is 0 Å². The second kappa shape index (κ2) is 6.96. The first kappa shape index (κ1) is 17.0. The van der Waals surface area contributed by atoms with E-state index in [1.54, 1.807) is 0 Å². The zero-order valence-electron chi connectivity index (χ0n) is 14.3. The number of hydrogen-bond acceptors (Lipinski definition) is 4. The van der Waals surface area contributed by atoms with Crippen LogP contribution in [0, 0.1) is 5.92 Å². The van der Waals surface area contributed by atoms with E-state index in [4.69, 9.17) is 4.74 Å². The van der Waals surface area contributed by atoms with Gasteiger partial charge in [0, 0.05) is 26.7 Å². The fourth-order valence-electron chi connectivity index (χ4n) is 3.01. The molecule has 1 aliphatic rings. The van der Waals surface area contributed by atoms with Crippen molar-refractivity contribution < 1.29 is 9.53 Å². The molecule has 0 bridgehead atoms. The lowest BCUT2D eigenvalue weighted by atomic mass is 9.97. The number of ether oxygens (including phenoxy) is 1. The Balaban J connectivity index is 1.71. The smallest absolute Gasteiger partial charge is 0.331 e. The molecule has 0 spiro atoms. The summed E-state index contributed by atoms with van der Waals surface area (Å²) in [6, 6.07) is 9.07. The second-order valence-electron chi connectivity index (χ2n) is 6.29. The molecule has 1 aliphatic heterocycles. The van der Waals surface area contributed by atoms with E-state index in [9.17, 15) is 14.4 Å². The number of rotatable bonds is 3. The van der Waals surface area contributed by atoms with Crippen LogP contribution in [0.5, 0.6) is 5.75 Å². The van der Waals surface area contributed by atoms with Crippen molar-refractivity contribution in [3.05, 3.63) is 62.4 Å². The molecule has 0 saturated carbocycles. The van der Waals surface area contributed by atoms with Crippen LogP contribution in [0.2, 0.25) is 0 Å². The van der Waals surface area contributed by atoms with Gasteiger partial charge in [-0.3, -0.25) is 18.7 Å². The molecule has 0 aliphatic carbocycles. The van der Waals surface area contributed by atoms with Crippen LogP contribution in [-0.2, 0) is 20.5 Å². The summed E-state index contributed by atoms with van der Waals surface area (Å²) in [5, 5.41) is 2.84. The summed E-state index contributed by atoms with van der Waals surface area (Å²) in [6.07, 6.45) is 1.64. The van der Waals surface area contributed by atoms with Gasteiger partial charge in [0.25, 0.3) is 11.5 Å². The average molecular weight is 343 g/mol. The van der Waals surface area contributed by atoms with Gasteiger partial charge in [-0.2, -0.15) is 0 Å². The molecule has 1 aromatic carbocycles. The molecular weight excluding hydrogens is 322 g/mol. The fraction of sp³-hybridized carbons (Fsp3) is 0.389. The van der Waals surface area contributed by atoms with Crippen LogP contribution in [0.25, 0.3) is 0 Å². The number of hydrogen-bond donors (Lipinski definition) is 1. The van der Waals surface area contributed by atoms with E-state index < -0.39 is 17.2 Å². The molecule has 2 heterocycles. The molecule has 1 amide bonds. The van der Waals surface area contributed by atoms with E-state index in [1.165, 1.54) is 24.7 Å². The van der Waals surface area contributed by atoms with Gasteiger partial charge in [-0.1, -0.05) is 18.2 Å². The number of fused-ring (bicyclic) bond motifs is 1. The minimum absolute atomic E-state index is 0.0679. The van der Waals surface area contributed by atoms with Gasteiger partial charge < -0.3 is 10.1 Å². The topological polar surface area (TPSA) is 82.3 Å². The van der Waals surface area contributed by atoms with Crippen molar-refractivity contribution in [1.82, 2.24) is 14.5 Å². The van der Waals surface area contributed by atoms with Gasteiger partial charge in [0.2, 0.25) is 0 Å². The summed E-state index contributed by atoms with van der Waals surface area (Å²) in [7, 11) is 2.86. The van der Waals surface area contributed by atoms with Gasteiger partial charge in [-0.15, -0.1) is 0 Å². The number of para-hydroxylation sites is 1. The van der Waals surface area contributed by atoms with Crippen molar-refractivity contribution in [1.29, 1.82) is 0 Å². The summed E-state index contributed by atoms with van der Waals surface area (Å²) in [4.78, 5) is 36.1. The normalized spacial score (nSPS) is 16.5. The number of amides is 1. The molecule has 0 radical (unpaired) electrons. The number of nitrogens with zero attached hydrogens (tertiary/aromatic N) is 2. The summed E-state index contributed by atoms with van der Waals surface area (Å²) in [5.41, 5.74) is 0.179. The highest BCUT2D eigenvalue weighted by Crippen LogP contribution is 2.26. The van der Waals surface area contributed by atoms with E-state index in [0.717, 1.165) is 28.7 Å². The van der Waals surface area contributed by atoms with E-state index in [2.05, 4.69) is 5.32 Å². The first-order valence-corrected chi connectivity index (χ1v) is 8.23. The zero-order valence-corrected chi connectivity index (χ0v) is 14.3. The highest BCUT2D eigenvalue weighted by Gasteiger charge is 2.19. The maximum Gasteiger partial charge on any atom is 0.331 e. The highest BCUT2D eigenvalue weighted by atomic mass is 16.5. The summed E-state index contributed by atoms with van der Waals surface area (Å²) in [6.45, 7) is 1.06. The number of carbonyl (C=O) groups excluding carboxylic acids is 1. The minimum atomic E-state index is -0.519. The summed E-state index contributed by atoms with van der Waals surface area (Å²) >= 11 is 0. The van der Waals surface area contributed by atoms with Gasteiger partial charge in [0.1, 0.15) is 11.4 Å². The summed E-state index contributed by atoms with van der Waals surface area (Å²) in [5.74, 6) is 0.706. The molecule has 2 aromatic rings. The monoisotopic (exact) mass is 343 g/mol. The molecule has 0 unspecified atom stereocenters. The van der Waals surface area contributed by atoms with Gasteiger partial charge in [0.15, 0.2) is 0 Å². The Hall–Kier alpha value is -2.83. The van der Waals surface area contributed by atoms with E-state index in [0.29, 0.717) is 13.2 Å². The lowest BCUT2D eigenvalue weighted by Crippen LogP contribution is -2.42. The minimum Gasteiger partial charge on any atom is -0.493 e. The van der Waals surface area contributed by atoms with Crippen LogP contribution >= 0.6 is 0 Å². The van der Waals surface area contributed by atoms with Crippen molar-refractivity contribution in [3.8, 4) is 5.75 Å². The first-order valence-electron chi connectivity index (χ1n) is 8.23. The third kappa shape index (κ3) is 3.50.